The number of hydrogen-bond donors (Lipinski definition) is 1. The molecule has 27 heavy (non-hydrogen) atoms. The van der Waals surface area contributed by atoms with Crippen LogP contribution in [-0.4, -0.2) is 41.0 Å². The molecule has 2 aromatic rings. The highest BCUT2D eigenvalue weighted by Crippen LogP contribution is 2.24. The molecule has 6 heteroatoms. The fourth-order valence-electron chi connectivity index (χ4n) is 3.02. The predicted octanol–water partition coefficient (Wildman–Crippen LogP) is 3.48. The SMILES string of the molecule is CCOc1ccc(C(C)NC(=O)C2CSCN2C(=O)c2ccccc2)cc1. The number of hydrogen-bond acceptors (Lipinski definition) is 4. The lowest BCUT2D eigenvalue weighted by Crippen LogP contribution is -2.47. The van der Waals surface area contributed by atoms with Crippen molar-refractivity contribution in [3.63, 3.8) is 0 Å². The Bertz CT molecular complexity index is 780. The minimum absolute atomic E-state index is 0.102. The van der Waals surface area contributed by atoms with E-state index in [9.17, 15) is 9.59 Å². The summed E-state index contributed by atoms with van der Waals surface area (Å²) in [5.41, 5.74) is 1.61. The first-order valence-corrected chi connectivity index (χ1v) is 10.2. The quantitative estimate of drug-likeness (QED) is 0.828. The van der Waals surface area contributed by atoms with Gasteiger partial charge in [0.2, 0.25) is 5.91 Å². The van der Waals surface area contributed by atoms with Crippen molar-refractivity contribution in [1.82, 2.24) is 10.2 Å². The van der Waals surface area contributed by atoms with Crippen molar-refractivity contribution in [1.29, 1.82) is 0 Å². The fraction of sp³-hybridized carbons (Fsp3) is 0.333. The monoisotopic (exact) mass is 384 g/mol. The van der Waals surface area contributed by atoms with Crippen LogP contribution in [0.15, 0.2) is 54.6 Å². The van der Waals surface area contributed by atoms with Crippen LogP contribution in [0.25, 0.3) is 0 Å². The lowest BCUT2D eigenvalue weighted by Gasteiger charge is -2.25. The van der Waals surface area contributed by atoms with Gasteiger partial charge in [-0.1, -0.05) is 30.3 Å². The molecule has 1 aliphatic heterocycles. The van der Waals surface area contributed by atoms with Gasteiger partial charge in [-0.25, -0.2) is 0 Å². The summed E-state index contributed by atoms with van der Waals surface area (Å²) in [6.45, 7) is 4.51. The minimum atomic E-state index is -0.451. The molecule has 3 rings (SSSR count). The Balaban J connectivity index is 1.64. The van der Waals surface area contributed by atoms with Gasteiger partial charge in [-0.15, -0.1) is 11.8 Å². The van der Waals surface area contributed by atoms with Crippen LogP contribution in [0.3, 0.4) is 0 Å². The summed E-state index contributed by atoms with van der Waals surface area (Å²) in [4.78, 5) is 27.2. The van der Waals surface area contributed by atoms with Crippen LogP contribution in [0.5, 0.6) is 5.75 Å². The summed E-state index contributed by atoms with van der Waals surface area (Å²) in [7, 11) is 0. The Kier molecular flexibility index (Phi) is 6.40. The third-order valence-electron chi connectivity index (χ3n) is 4.52. The van der Waals surface area contributed by atoms with E-state index in [0.717, 1.165) is 11.3 Å². The summed E-state index contributed by atoms with van der Waals surface area (Å²) in [6.07, 6.45) is 0. The molecule has 1 aliphatic rings. The van der Waals surface area contributed by atoms with E-state index >= 15 is 0 Å². The molecular formula is C21H24N2O3S. The van der Waals surface area contributed by atoms with Gasteiger partial charge in [0.1, 0.15) is 11.8 Å². The Morgan fingerprint density at radius 1 is 1.19 bits per heavy atom. The number of carbonyl (C=O) groups excluding carboxylic acids is 2. The molecule has 2 atom stereocenters. The van der Waals surface area contributed by atoms with Crippen LogP contribution in [-0.2, 0) is 4.79 Å². The maximum absolute atomic E-state index is 12.8. The van der Waals surface area contributed by atoms with Crippen LogP contribution in [0.4, 0.5) is 0 Å². The first kappa shape index (κ1) is 19.3. The highest BCUT2D eigenvalue weighted by molar-refractivity contribution is 7.99. The molecule has 1 N–H and O–H groups in total. The molecule has 0 aromatic heterocycles. The second-order valence-corrected chi connectivity index (χ2v) is 7.39. The van der Waals surface area contributed by atoms with Crippen LogP contribution in [0.1, 0.15) is 35.8 Å². The molecule has 1 saturated heterocycles. The number of nitrogens with one attached hydrogen (secondary N) is 1. The topological polar surface area (TPSA) is 58.6 Å². The number of thioether (sulfide) groups is 1. The molecule has 5 nitrogen and oxygen atoms in total. The van der Waals surface area contributed by atoms with E-state index in [4.69, 9.17) is 4.74 Å². The summed E-state index contributed by atoms with van der Waals surface area (Å²) in [5, 5.41) is 3.04. The van der Waals surface area contributed by atoms with Gasteiger partial charge in [0.15, 0.2) is 0 Å². The maximum atomic E-state index is 12.8. The average Bonchev–Trinajstić information content (AvgIpc) is 3.19. The first-order chi connectivity index (χ1) is 13.1. The maximum Gasteiger partial charge on any atom is 0.255 e. The summed E-state index contributed by atoms with van der Waals surface area (Å²) >= 11 is 1.60. The number of nitrogens with zero attached hydrogens (tertiary/aromatic N) is 1. The lowest BCUT2D eigenvalue weighted by molar-refractivity contribution is -0.125. The molecule has 0 radical (unpaired) electrons. The molecule has 2 aromatic carbocycles. The number of rotatable bonds is 6. The summed E-state index contributed by atoms with van der Waals surface area (Å²) in [6, 6.07) is 16.2. The van der Waals surface area contributed by atoms with Crippen LogP contribution in [0, 0.1) is 0 Å². The van der Waals surface area contributed by atoms with E-state index < -0.39 is 6.04 Å². The van der Waals surface area contributed by atoms with Gasteiger partial charge in [-0.2, -0.15) is 0 Å². The van der Waals surface area contributed by atoms with E-state index in [2.05, 4.69) is 5.32 Å². The Labute approximate surface area is 164 Å². The van der Waals surface area contributed by atoms with Crippen molar-refractivity contribution in [2.75, 3.05) is 18.2 Å². The summed E-state index contributed by atoms with van der Waals surface area (Å²) in [5.74, 6) is 1.73. The van der Waals surface area contributed by atoms with Gasteiger partial charge < -0.3 is 15.0 Å². The fourth-order valence-corrected chi connectivity index (χ4v) is 4.17. The summed E-state index contributed by atoms with van der Waals surface area (Å²) < 4.78 is 5.45. The van der Waals surface area contributed by atoms with Crippen molar-refractivity contribution in [3.05, 3.63) is 65.7 Å². The van der Waals surface area contributed by atoms with E-state index in [1.54, 1.807) is 28.8 Å². The molecule has 1 fully saturated rings. The van der Waals surface area contributed by atoms with E-state index in [0.29, 0.717) is 23.8 Å². The van der Waals surface area contributed by atoms with Crippen LogP contribution < -0.4 is 10.1 Å². The zero-order valence-electron chi connectivity index (χ0n) is 15.6. The predicted molar refractivity (Wildman–Crippen MR) is 108 cm³/mol. The smallest absolute Gasteiger partial charge is 0.255 e. The molecule has 1 heterocycles. The molecule has 2 unspecified atom stereocenters. The van der Waals surface area contributed by atoms with Gasteiger partial charge in [0.05, 0.1) is 18.5 Å². The van der Waals surface area contributed by atoms with Crippen molar-refractivity contribution < 1.29 is 14.3 Å². The number of carbonyl (C=O) groups is 2. The molecular weight excluding hydrogens is 360 g/mol. The zero-order valence-corrected chi connectivity index (χ0v) is 16.4. The Morgan fingerprint density at radius 2 is 1.89 bits per heavy atom. The van der Waals surface area contributed by atoms with Crippen molar-refractivity contribution >= 4 is 23.6 Å². The molecule has 0 aliphatic carbocycles. The number of amides is 2. The number of ether oxygens (including phenoxy) is 1. The standard InChI is InChI=1S/C21H24N2O3S/c1-3-26-18-11-9-16(10-12-18)15(2)22-20(24)19-13-27-14-23(19)21(25)17-7-5-4-6-8-17/h4-12,15,19H,3,13-14H2,1-2H3,(H,22,24). The van der Waals surface area contributed by atoms with Crippen LogP contribution in [0.2, 0.25) is 0 Å². The van der Waals surface area contributed by atoms with E-state index in [1.165, 1.54) is 0 Å². The Hall–Kier alpha value is -2.47. The minimum Gasteiger partial charge on any atom is -0.494 e. The van der Waals surface area contributed by atoms with Crippen LogP contribution >= 0.6 is 11.8 Å². The molecule has 0 bridgehead atoms. The number of benzene rings is 2. The normalized spacial score (nSPS) is 17.4. The van der Waals surface area contributed by atoms with Gasteiger partial charge >= 0.3 is 0 Å². The zero-order chi connectivity index (χ0) is 19.2. The van der Waals surface area contributed by atoms with Crippen molar-refractivity contribution in [3.8, 4) is 5.75 Å². The largest absolute Gasteiger partial charge is 0.494 e. The first-order valence-electron chi connectivity index (χ1n) is 9.07. The van der Waals surface area contributed by atoms with Gasteiger partial charge in [-0.3, -0.25) is 9.59 Å². The second-order valence-electron chi connectivity index (χ2n) is 6.39. The molecule has 2 amide bonds. The molecule has 0 saturated carbocycles. The van der Waals surface area contributed by atoms with Gasteiger partial charge in [0.25, 0.3) is 5.91 Å². The molecule has 142 valence electrons. The highest BCUT2D eigenvalue weighted by atomic mass is 32.2. The van der Waals surface area contributed by atoms with Gasteiger partial charge in [-0.05, 0) is 43.7 Å². The second kappa shape index (κ2) is 8.95. The molecule has 0 spiro atoms. The van der Waals surface area contributed by atoms with Gasteiger partial charge in [0, 0.05) is 11.3 Å². The van der Waals surface area contributed by atoms with Crippen molar-refractivity contribution in [2.24, 2.45) is 0 Å². The average molecular weight is 385 g/mol. The van der Waals surface area contributed by atoms with E-state index in [-0.39, 0.29) is 17.9 Å². The van der Waals surface area contributed by atoms with Crippen molar-refractivity contribution in [2.45, 2.75) is 25.9 Å². The third kappa shape index (κ3) is 4.63. The lowest BCUT2D eigenvalue weighted by atomic mass is 10.1. The van der Waals surface area contributed by atoms with E-state index in [1.807, 2.05) is 56.3 Å². The third-order valence-corrected chi connectivity index (χ3v) is 5.53. The highest BCUT2D eigenvalue weighted by Gasteiger charge is 2.35. The Morgan fingerprint density at radius 3 is 2.56 bits per heavy atom.